The molecule has 0 saturated carbocycles. The van der Waals surface area contributed by atoms with Crippen molar-refractivity contribution in [3.8, 4) is 10.7 Å². The highest BCUT2D eigenvalue weighted by molar-refractivity contribution is 7.13. The van der Waals surface area contributed by atoms with Gasteiger partial charge in [-0.15, -0.1) is 11.3 Å². The lowest BCUT2D eigenvalue weighted by Gasteiger charge is -2.27. The van der Waals surface area contributed by atoms with E-state index in [1.807, 2.05) is 17.5 Å². The summed E-state index contributed by atoms with van der Waals surface area (Å²) >= 11 is 1.58. The number of fused-ring (bicyclic) bond motifs is 2. The largest absolute Gasteiger partial charge is 0.339 e. The summed E-state index contributed by atoms with van der Waals surface area (Å²) in [6.45, 7) is 1.93. The summed E-state index contributed by atoms with van der Waals surface area (Å²) in [6, 6.07) is 4.70. The van der Waals surface area contributed by atoms with Crippen molar-refractivity contribution in [3.05, 3.63) is 23.4 Å². The van der Waals surface area contributed by atoms with Crippen LogP contribution in [0.2, 0.25) is 0 Å². The van der Waals surface area contributed by atoms with Crippen LogP contribution in [0.5, 0.6) is 0 Å². The number of nitrogens with zero attached hydrogens (tertiary/aromatic N) is 3. The molecule has 6 nitrogen and oxygen atoms in total. The summed E-state index contributed by atoms with van der Waals surface area (Å²) in [6.07, 6.45) is 4.28. The Morgan fingerprint density at radius 2 is 2.30 bits per heavy atom. The van der Waals surface area contributed by atoms with E-state index in [0.29, 0.717) is 36.6 Å². The van der Waals surface area contributed by atoms with E-state index >= 15 is 0 Å². The molecule has 2 aliphatic heterocycles. The Hall–Kier alpha value is -1.73. The fourth-order valence-electron chi connectivity index (χ4n) is 3.59. The number of aromatic nitrogens is 2. The van der Waals surface area contributed by atoms with Gasteiger partial charge in [-0.3, -0.25) is 4.79 Å². The molecule has 2 saturated heterocycles. The Bertz CT molecular complexity index is 655. The van der Waals surface area contributed by atoms with Gasteiger partial charge in [0, 0.05) is 31.5 Å². The lowest BCUT2D eigenvalue weighted by molar-refractivity contribution is -0.133. The lowest BCUT2D eigenvalue weighted by atomic mass is 10.1. The average molecular weight is 332 g/mol. The van der Waals surface area contributed by atoms with Gasteiger partial charge in [-0.1, -0.05) is 11.2 Å². The second-order valence-electron chi connectivity index (χ2n) is 6.17. The molecule has 1 N–H and O–H groups in total. The number of carbonyl (C=O) groups excluding carboxylic acids is 1. The van der Waals surface area contributed by atoms with E-state index < -0.39 is 0 Å². The molecule has 2 bridgehead atoms. The Morgan fingerprint density at radius 1 is 1.39 bits per heavy atom. The minimum absolute atomic E-state index is 0.220. The van der Waals surface area contributed by atoms with Crippen molar-refractivity contribution in [1.29, 1.82) is 0 Å². The summed E-state index contributed by atoms with van der Waals surface area (Å²) < 4.78 is 5.28. The third-order valence-corrected chi connectivity index (χ3v) is 5.57. The highest BCUT2D eigenvalue weighted by atomic mass is 32.1. The standard InChI is InChI=1S/C16H20N4O2S/c21-15(20-11-3-4-12(20)10-17-8-7-11)6-5-14-18-16(19-22-14)13-2-1-9-23-13/h1-2,9,11-12,17H,3-8,10H2. The fourth-order valence-corrected chi connectivity index (χ4v) is 4.24. The summed E-state index contributed by atoms with van der Waals surface area (Å²) in [5.74, 6) is 1.38. The lowest BCUT2D eigenvalue weighted by Crippen LogP contribution is -2.42. The van der Waals surface area contributed by atoms with E-state index in [2.05, 4.69) is 20.4 Å². The predicted octanol–water partition coefficient (Wildman–Crippen LogP) is 2.08. The molecule has 2 aromatic rings. The van der Waals surface area contributed by atoms with Crippen LogP contribution in [0.25, 0.3) is 10.7 Å². The van der Waals surface area contributed by atoms with E-state index in [9.17, 15) is 4.79 Å². The average Bonchev–Trinajstić information content (AvgIpc) is 3.23. The molecule has 2 fully saturated rings. The second kappa shape index (κ2) is 6.41. The number of hydrogen-bond acceptors (Lipinski definition) is 6. The number of amides is 1. The fraction of sp³-hybridized carbons (Fsp3) is 0.562. The Kier molecular flexibility index (Phi) is 4.13. The number of hydrogen-bond donors (Lipinski definition) is 1. The molecule has 0 aliphatic carbocycles. The van der Waals surface area contributed by atoms with Gasteiger partial charge < -0.3 is 14.7 Å². The number of thiophene rings is 1. The monoisotopic (exact) mass is 332 g/mol. The van der Waals surface area contributed by atoms with Crippen LogP contribution in [0, 0.1) is 0 Å². The van der Waals surface area contributed by atoms with E-state index in [0.717, 1.165) is 37.2 Å². The molecular weight excluding hydrogens is 312 g/mol. The molecule has 4 heterocycles. The topological polar surface area (TPSA) is 71.3 Å². The number of carbonyl (C=O) groups is 1. The van der Waals surface area contributed by atoms with Gasteiger partial charge in [-0.2, -0.15) is 4.98 Å². The van der Waals surface area contributed by atoms with Gasteiger partial charge >= 0.3 is 0 Å². The van der Waals surface area contributed by atoms with Crippen molar-refractivity contribution in [3.63, 3.8) is 0 Å². The molecule has 0 aromatic carbocycles. The van der Waals surface area contributed by atoms with Crippen LogP contribution in [-0.2, 0) is 11.2 Å². The first kappa shape index (κ1) is 14.8. The van der Waals surface area contributed by atoms with E-state index in [1.54, 1.807) is 11.3 Å². The molecule has 2 aromatic heterocycles. The molecule has 0 spiro atoms. The number of rotatable bonds is 4. The Labute approximate surface area is 138 Å². The molecule has 122 valence electrons. The molecule has 1 amide bonds. The minimum Gasteiger partial charge on any atom is -0.339 e. The second-order valence-corrected chi connectivity index (χ2v) is 7.12. The van der Waals surface area contributed by atoms with Crippen LogP contribution in [0.4, 0.5) is 0 Å². The summed E-state index contributed by atoms with van der Waals surface area (Å²) in [4.78, 5) is 20.1. The number of aryl methyl sites for hydroxylation is 1. The van der Waals surface area contributed by atoms with Crippen LogP contribution >= 0.6 is 11.3 Å². The van der Waals surface area contributed by atoms with Gasteiger partial charge in [0.1, 0.15) is 0 Å². The zero-order valence-electron chi connectivity index (χ0n) is 12.9. The summed E-state index contributed by atoms with van der Waals surface area (Å²) in [7, 11) is 0. The highest BCUT2D eigenvalue weighted by Gasteiger charge is 2.37. The van der Waals surface area contributed by atoms with Crippen molar-refractivity contribution >= 4 is 17.2 Å². The predicted molar refractivity (Wildman–Crippen MR) is 87.1 cm³/mol. The first-order chi connectivity index (χ1) is 11.3. The summed E-state index contributed by atoms with van der Waals surface area (Å²) in [5.41, 5.74) is 0. The van der Waals surface area contributed by atoms with Crippen LogP contribution in [0.1, 0.15) is 31.6 Å². The van der Waals surface area contributed by atoms with Crippen molar-refractivity contribution in [2.24, 2.45) is 0 Å². The van der Waals surface area contributed by atoms with Gasteiger partial charge in [-0.25, -0.2) is 0 Å². The molecule has 4 rings (SSSR count). The minimum atomic E-state index is 0.220. The molecular formula is C16H20N4O2S. The molecule has 2 aliphatic rings. The van der Waals surface area contributed by atoms with Gasteiger partial charge in [0.2, 0.25) is 17.6 Å². The molecule has 2 atom stereocenters. The van der Waals surface area contributed by atoms with Crippen LogP contribution in [-0.4, -0.2) is 46.1 Å². The Balaban J connectivity index is 1.38. The maximum Gasteiger partial charge on any atom is 0.227 e. The van der Waals surface area contributed by atoms with Gasteiger partial charge in [-0.05, 0) is 37.3 Å². The Morgan fingerprint density at radius 3 is 3.17 bits per heavy atom. The van der Waals surface area contributed by atoms with Gasteiger partial charge in [0.15, 0.2) is 0 Å². The molecule has 7 heteroatoms. The first-order valence-corrected chi connectivity index (χ1v) is 9.07. The molecule has 0 radical (unpaired) electrons. The van der Waals surface area contributed by atoms with E-state index in [1.165, 1.54) is 0 Å². The van der Waals surface area contributed by atoms with Crippen LogP contribution in [0.3, 0.4) is 0 Å². The molecule has 23 heavy (non-hydrogen) atoms. The highest BCUT2D eigenvalue weighted by Crippen LogP contribution is 2.29. The van der Waals surface area contributed by atoms with Crippen molar-refractivity contribution < 1.29 is 9.32 Å². The third kappa shape index (κ3) is 3.03. The zero-order valence-corrected chi connectivity index (χ0v) is 13.7. The zero-order chi connectivity index (χ0) is 15.6. The van der Waals surface area contributed by atoms with Gasteiger partial charge in [0.25, 0.3) is 0 Å². The molecule has 2 unspecified atom stereocenters. The maximum atomic E-state index is 12.6. The van der Waals surface area contributed by atoms with Crippen LogP contribution < -0.4 is 5.32 Å². The quantitative estimate of drug-likeness (QED) is 0.928. The SMILES string of the molecule is O=C(CCc1nc(-c2cccs2)no1)N1C2CCNCC1CC2. The van der Waals surface area contributed by atoms with Gasteiger partial charge in [0.05, 0.1) is 4.88 Å². The third-order valence-electron chi connectivity index (χ3n) is 4.70. The van der Waals surface area contributed by atoms with Crippen molar-refractivity contribution in [2.75, 3.05) is 13.1 Å². The summed E-state index contributed by atoms with van der Waals surface area (Å²) in [5, 5.41) is 9.40. The van der Waals surface area contributed by atoms with Crippen molar-refractivity contribution in [1.82, 2.24) is 20.4 Å². The smallest absolute Gasteiger partial charge is 0.227 e. The maximum absolute atomic E-state index is 12.6. The van der Waals surface area contributed by atoms with Crippen molar-refractivity contribution in [2.45, 2.75) is 44.2 Å². The number of nitrogens with one attached hydrogen (secondary N) is 1. The first-order valence-electron chi connectivity index (χ1n) is 8.19. The normalized spacial score (nSPS) is 23.9. The van der Waals surface area contributed by atoms with Crippen LogP contribution in [0.15, 0.2) is 22.0 Å². The van der Waals surface area contributed by atoms with E-state index in [-0.39, 0.29) is 5.91 Å². The van der Waals surface area contributed by atoms with E-state index in [4.69, 9.17) is 4.52 Å².